The summed E-state index contributed by atoms with van der Waals surface area (Å²) >= 11 is 0. The third-order valence-corrected chi connectivity index (χ3v) is 3.85. The molecule has 2 atom stereocenters. The van der Waals surface area contributed by atoms with Crippen LogP contribution in [0.4, 0.5) is 0 Å². The van der Waals surface area contributed by atoms with Crippen LogP contribution in [-0.4, -0.2) is 18.0 Å². The number of Topliss-reactive ketones (excluding diaryl/α,β-unsaturated/α-hetero) is 1. The number of aliphatic hydroxyl groups is 1. The van der Waals surface area contributed by atoms with Crippen LogP contribution < -0.4 is 4.74 Å². The van der Waals surface area contributed by atoms with Gasteiger partial charge in [-0.2, -0.15) is 0 Å². The lowest BCUT2D eigenvalue weighted by Gasteiger charge is -2.27. The zero-order chi connectivity index (χ0) is 13.1. The van der Waals surface area contributed by atoms with Gasteiger partial charge >= 0.3 is 0 Å². The minimum Gasteiger partial charge on any atom is -0.496 e. The molecule has 1 fully saturated rings. The van der Waals surface area contributed by atoms with E-state index in [2.05, 4.69) is 0 Å². The number of ketones is 1. The molecule has 1 aliphatic rings. The number of aliphatic hydroxyl groups excluding tert-OH is 1. The van der Waals surface area contributed by atoms with Gasteiger partial charge in [-0.3, -0.25) is 4.79 Å². The van der Waals surface area contributed by atoms with E-state index in [1.807, 2.05) is 25.1 Å². The molecule has 0 amide bonds. The van der Waals surface area contributed by atoms with Gasteiger partial charge in [0.15, 0.2) is 0 Å². The second kappa shape index (κ2) is 5.53. The van der Waals surface area contributed by atoms with Gasteiger partial charge in [-0.15, -0.1) is 0 Å². The maximum atomic E-state index is 11.9. The van der Waals surface area contributed by atoms with E-state index in [4.69, 9.17) is 4.74 Å². The SMILES string of the molecule is COc1cccc(C(O)C2CCCCC2=O)c1C. The quantitative estimate of drug-likeness (QED) is 0.894. The Kier molecular flexibility index (Phi) is 4.02. The van der Waals surface area contributed by atoms with Crippen molar-refractivity contribution in [3.8, 4) is 5.75 Å². The zero-order valence-corrected chi connectivity index (χ0v) is 11.0. The van der Waals surface area contributed by atoms with Gasteiger partial charge in [0.1, 0.15) is 11.5 Å². The molecule has 0 bridgehead atoms. The Balaban J connectivity index is 2.27. The van der Waals surface area contributed by atoms with Gasteiger partial charge in [-0.25, -0.2) is 0 Å². The highest BCUT2D eigenvalue weighted by molar-refractivity contribution is 5.82. The summed E-state index contributed by atoms with van der Waals surface area (Å²) in [5, 5.41) is 10.4. The monoisotopic (exact) mass is 248 g/mol. The predicted molar refractivity (Wildman–Crippen MR) is 69.7 cm³/mol. The minimum atomic E-state index is -0.701. The highest BCUT2D eigenvalue weighted by Gasteiger charge is 2.31. The van der Waals surface area contributed by atoms with Crippen molar-refractivity contribution in [1.29, 1.82) is 0 Å². The van der Waals surface area contributed by atoms with Crippen LogP contribution in [0.2, 0.25) is 0 Å². The van der Waals surface area contributed by atoms with Crippen molar-refractivity contribution in [2.45, 2.75) is 38.7 Å². The molecule has 2 rings (SSSR count). The molecule has 2 unspecified atom stereocenters. The molecule has 1 aromatic rings. The third-order valence-electron chi connectivity index (χ3n) is 3.85. The highest BCUT2D eigenvalue weighted by Crippen LogP contribution is 2.35. The van der Waals surface area contributed by atoms with Gasteiger partial charge in [0.2, 0.25) is 0 Å². The summed E-state index contributed by atoms with van der Waals surface area (Å²) in [6, 6.07) is 5.61. The number of benzene rings is 1. The Morgan fingerprint density at radius 1 is 1.39 bits per heavy atom. The summed E-state index contributed by atoms with van der Waals surface area (Å²) < 4.78 is 5.25. The number of carbonyl (C=O) groups excluding carboxylic acids is 1. The van der Waals surface area contributed by atoms with Gasteiger partial charge in [0, 0.05) is 12.3 Å². The lowest BCUT2D eigenvalue weighted by molar-refractivity contribution is -0.128. The van der Waals surface area contributed by atoms with Gasteiger partial charge < -0.3 is 9.84 Å². The lowest BCUT2D eigenvalue weighted by Crippen LogP contribution is -2.26. The second-order valence-electron chi connectivity index (χ2n) is 4.94. The van der Waals surface area contributed by atoms with Crippen molar-refractivity contribution < 1.29 is 14.6 Å². The Morgan fingerprint density at radius 2 is 2.17 bits per heavy atom. The van der Waals surface area contributed by atoms with E-state index in [9.17, 15) is 9.90 Å². The first-order chi connectivity index (χ1) is 8.65. The predicted octanol–water partition coefficient (Wildman–Crippen LogP) is 2.80. The Labute approximate surface area is 108 Å². The average Bonchev–Trinajstić information content (AvgIpc) is 2.39. The third kappa shape index (κ3) is 2.41. The maximum Gasteiger partial charge on any atom is 0.138 e. The van der Waals surface area contributed by atoms with E-state index >= 15 is 0 Å². The van der Waals surface area contributed by atoms with E-state index < -0.39 is 6.10 Å². The molecule has 0 heterocycles. The number of hydrogen-bond donors (Lipinski definition) is 1. The average molecular weight is 248 g/mol. The maximum absolute atomic E-state index is 11.9. The molecule has 98 valence electrons. The van der Waals surface area contributed by atoms with Gasteiger partial charge in [0.05, 0.1) is 13.2 Å². The van der Waals surface area contributed by atoms with E-state index in [-0.39, 0.29) is 11.7 Å². The van der Waals surface area contributed by atoms with E-state index in [1.54, 1.807) is 7.11 Å². The van der Waals surface area contributed by atoms with E-state index in [0.717, 1.165) is 36.1 Å². The van der Waals surface area contributed by atoms with Crippen LogP contribution in [-0.2, 0) is 4.79 Å². The number of methoxy groups -OCH3 is 1. The molecule has 18 heavy (non-hydrogen) atoms. The molecular formula is C15H20O3. The van der Waals surface area contributed by atoms with Crippen molar-refractivity contribution >= 4 is 5.78 Å². The first-order valence-electron chi connectivity index (χ1n) is 6.49. The molecule has 1 saturated carbocycles. The molecule has 0 aliphatic heterocycles. The number of hydrogen-bond acceptors (Lipinski definition) is 3. The van der Waals surface area contributed by atoms with Crippen LogP contribution in [0.25, 0.3) is 0 Å². The zero-order valence-electron chi connectivity index (χ0n) is 11.0. The standard InChI is InChI=1S/C15H20O3/c1-10-11(7-5-9-14(10)18-2)15(17)12-6-3-4-8-13(12)16/h5,7,9,12,15,17H,3-4,6,8H2,1-2H3. The summed E-state index contributed by atoms with van der Waals surface area (Å²) in [6.07, 6.45) is 2.67. The fourth-order valence-electron chi connectivity index (χ4n) is 2.73. The van der Waals surface area contributed by atoms with E-state index in [1.165, 1.54) is 0 Å². The number of carbonyl (C=O) groups is 1. The van der Waals surface area contributed by atoms with Crippen molar-refractivity contribution in [2.24, 2.45) is 5.92 Å². The number of rotatable bonds is 3. The van der Waals surface area contributed by atoms with Crippen molar-refractivity contribution in [1.82, 2.24) is 0 Å². The summed E-state index contributed by atoms with van der Waals surface area (Å²) in [7, 11) is 1.62. The van der Waals surface area contributed by atoms with Crippen LogP contribution >= 0.6 is 0 Å². The molecule has 0 saturated heterocycles. The molecule has 1 aromatic carbocycles. The second-order valence-corrected chi connectivity index (χ2v) is 4.94. The topological polar surface area (TPSA) is 46.5 Å². The molecule has 0 aromatic heterocycles. The van der Waals surface area contributed by atoms with Gasteiger partial charge in [0.25, 0.3) is 0 Å². The Morgan fingerprint density at radius 3 is 2.83 bits per heavy atom. The van der Waals surface area contributed by atoms with Crippen molar-refractivity contribution in [3.05, 3.63) is 29.3 Å². The lowest BCUT2D eigenvalue weighted by atomic mass is 9.81. The summed E-state index contributed by atoms with van der Waals surface area (Å²) in [6.45, 7) is 1.92. The molecule has 1 aliphatic carbocycles. The fraction of sp³-hybridized carbons (Fsp3) is 0.533. The molecule has 3 nitrogen and oxygen atoms in total. The first kappa shape index (κ1) is 13.1. The number of ether oxygens (including phenoxy) is 1. The van der Waals surface area contributed by atoms with Crippen LogP contribution in [0.15, 0.2) is 18.2 Å². The molecule has 3 heteroatoms. The Hall–Kier alpha value is -1.35. The van der Waals surface area contributed by atoms with Gasteiger partial charge in [-0.1, -0.05) is 18.6 Å². The van der Waals surface area contributed by atoms with Crippen LogP contribution in [0.3, 0.4) is 0 Å². The highest BCUT2D eigenvalue weighted by atomic mass is 16.5. The molecule has 1 N–H and O–H groups in total. The smallest absolute Gasteiger partial charge is 0.138 e. The van der Waals surface area contributed by atoms with Crippen LogP contribution in [0, 0.1) is 12.8 Å². The molecule has 0 spiro atoms. The summed E-state index contributed by atoms with van der Waals surface area (Å²) in [5.41, 5.74) is 1.74. The summed E-state index contributed by atoms with van der Waals surface area (Å²) in [5.74, 6) is 0.704. The van der Waals surface area contributed by atoms with E-state index in [0.29, 0.717) is 6.42 Å². The first-order valence-corrected chi connectivity index (χ1v) is 6.49. The van der Waals surface area contributed by atoms with Crippen molar-refractivity contribution in [2.75, 3.05) is 7.11 Å². The van der Waals surface area contributed by atoms with Crippen LogP contribution in [0.5, 0.6) is 5.75 Å². The van der Waals surface area contributed by atoms with Crippen LogP contribution in [0.1, 0.15) is 42.9 Å². The summed E-state index contributed by atoms with van der Waals surface area (Å²) in [4.78, 5) is 11.9. The van der Waals surface area contributed by atoms with Crippen molar-refractivity contribution in [3.63, 3.8) is 0 Å². The van der Waals surface area contributed by atoms with Gasteiger partial charge in [-0.05, 0) is 37.0 Å². The Bertz CT molecular complexity index is 439. The molecule has 0 radical (unpaired) electrons. The largest absolute Gasteiger partial charge is 0.496 e. The normalized spacial score (nSPS) is 21.7. The molecular weight excluding hydrogens is 228 g/mol. The minimum absolute atomic E-state index is 0.191. The fourth-order valence-corrected chi connectivity index (χ4v) is 2.73.